The fourth-order valence-electron chi connectivity index (χ4n) is 3.70. The standard InChI is InChI=1S/C15H29NO2/c1-3-17-12(2)14(16)13-7-10-18-15(11-13)8-5-4-6-9-15/h12-14H,3-11,16H2,1-2H3. The Bertz CT molecular complexity index is 245. The lowest BCUT2D eigenvalue weighted by Crippen LogP contribution is -2.50. The molecular formula is C15H29NO2. The molecule has 2 fully saturated rings. The van der Waals surface area contributed by atoms with Crippen molar-refractivity contribution in [2.24, 2.45) is 11.7 Å². The fourth-order valence-corrected chi connectivity index (χ4v) is 3.70. The van der Waals surface area contributed by atoms with Crippen LogP contribution in [-0.4, -0.2) is 31.0 Å². The van der Waals surface area contributed by atoms with E-state index in [0.717, 1.165) is 26.1 Å². The van der Waals surface area contributed by atoms with E-state index in [2.05, 4.69) is 6.92 Å². The summed E-state index contributed by atoms with van der Waals surface area (Å²) < 4.78 is 11.8. The summed E-state index contributed by atoms with van der Waals surface area (Å²) in [5, 5.41) is 0. The van der Waals surface area contributed by atoms with Crippen molar-refractivity contribution >= 4 is 0 Å². The van der Waals surface area contributed by atoms with Crippen molar-refractivity contribution in [3.05, 3.63) is 0 Å². The molecule has 0 amide bonds. The zero-order valence-corrected chi connectivity index (χ0v) is 12.0. The molecule has 0 aromatic rings. The summed E-state index contributed by atoms with van der Waals surface area (Å²) in [5.74, 6) is 0.568. The molecule has 18 heavy (non-hydrogen) atoms. The van der Waals surface area contributed by atoms with Gasteiger partial charge in [0.05, 0.1) is 11.7 Å². The average Bonchev–Trinajstić information content (AvgIpc) is 2.39. The number of ether oxygens (including phenoxy) is 2. The number of rotatable bonds is 4. The molecule has 1 aliphatic carbocycles. The van der Waals surface area contributed by atoms with Gasteiger partial charge in [0, 0.05) is 19.3 Å². The summed E-state index contributed by atoms with van der Waals surface area (Å²) in [5.41, 5.74) is 6.54. The Balaban J connectivity index is 1.93. The second kappa shape index (κ2) is 6.36. The van der Waals surface area contributed by atoms with Crippen molar-refractivity contribution in [3.63, 3.8) is 0 Å². The molecule has 3 nitrogen and oxygen atoms in total. The summed E-state index contributed by atoms with van der Waals surface area (Å²) in [4.78, 5) is 0. The first-order chi connectivity index (χ1) is 8.67. The van der Waals surface area contributed by atoms with Gasteiger partial charge in [-0.2, -0.15) is 0 Å². The smallest absolute Gasteiger partial charge is 0.0700 e. The molecule has 1 saturated heterocycles. The van der Waals surface area contributed by atoms with Crippen LogP contribution in [0.1, 0.15) is 58.8 Å². The third-order valence-corrected chi connectivity index (χ3v) is 4.81. The second-order valence-corrected chi connectivity index (χ2v) is 6.08. The summed E-state index contributed by atoms with van der Waals surface area (Å²) in [6.07, 6.45) is 8.90. The average molecular weight is 255 g/mol. The zero-order valence-electron chi connectivity index (χ0n) is 12.0. The molecule has 0 radical (unpaired) electrons. The van der Waals surface area contributed by atoms with Crippen molar-refractivity contribution in [1.29, 1.82) is 0 Å². The van der Waals surface area contributed by atoms with E-state index in [9.17, 15) is 0 Å². The minimum Gasteiger partial charge on any atom is -0.377 e. The Labute approximate surface area is 111 Å². The largest absolute Gasteiger partial charge is 0.377 e. The maximum Gasteiger partial charge on any atom is 0.0700 e. The van der Waals surface area contributed by atoms with Gasteiger partial charge in [-0.05, 0) is 45.4 Å². The van der Waals surface area contributed by atoms with Gasteiger partial charge in [0.1, 0.15) is 0 Å². The van der Waals surface area contributed by atoms with Crippen molar-refractivity contribution in [1.82, 2.24) is 0 Å². The predicted molar refractivity (Wildman–Crippen MR) is 73.6 cm³/mol. The van der Waals surface area contributed by atoms with Crippen LogP contribution in [0.2, 0.25) is 0 Å². The summed E-state index contributed by atoms with van der Waals surface area (Å²) in [6, 6.07) is 0.160. The molecule has 106 valence electrons. The van der Waals surface area contributed by atoms with Crippen LogP contribution in [0.5, 0.6) is 0 Å². The molecule has 0 aromatic heterocycles. The van der Waals surface area contributed by atoms with Gasteiger partial charge in [-0.25, -0.2) is 0 Å². The Morgan fingerprint density at radius 1 is 1.33 bits per heavy atom. The number of hydrogen-bond acceptors (Lipinski definition) is 3. The maximum atomic E-state index is 6.39. The quantitative estimate of drug-likeness (QED) is 0.840. The molecule has 1 spiro atoms. The van der Waals surface area contributed by atoms with Crippen LogP contribution in [-0.2, 0) is 9.47 Å². The first-order valence-corrected chi connectivity index (χ1v) is 7.68. The molecule has 3 unspecified atom stereocenters. The van der Waals surface area contributed by atoms with Gasteiger partial charge in [0.2, 0.25) is 0 Å². The third kappa shape index (κ3) is 3.25. The summed E-state index contributed by atoms with van der Waals surface area (Å²) >= 11 is 0. The highest BCUT2D eigenvalue weighted by Gasteiger charge is 2.41. The normalized spacial score (nSPS) is 31.2. The van der Waals surface area contributed by atoms with Gasteiger partial charge >= 0.3 is 0 Å². The van der Waals surface area contributed by atoms with Crippen molar-refractivity contribution in [2.75, 3.05) is 13.2 Å². The fraction of sp³-hybridized carbons (Fsp3) is 1.00. The van der Waals surface area contributed by atoms with Crippen LogP contribution in [0.3, 0.4) is 0 Å². The molecule has 1 heterocycles. The van der Waals surface area contributed by atoms with E-state index in [1.807, 2.05) is 6.92 Å². The van der Waals surface area contributed by atoms with Gasteiger partial charge < -0.3 is 15.2 Å². The molecule has 3 atom stereocenters. The molecule has 2 rings (SSSR count). The van der Waals surface area contributed by atoms with Crippen LogP contribution in [0.15, 0.2) is 0 Å². The Morgan fingerprint density at radius 3 is 2.72 bits per heavy atom. The molecular weight excluding hydrogens is 226 g/mol. The first kappa shape index (κ1) is 14.3. The lowest BCUT2D eigenvalue weighted by atomic mass is 9.73. The Morgan fingerprint density at radius 2 is 2.06 bits per heavy atom. The van der Waals surface area contributed by atoms with Crippen molar-refractivity contribution < 1.29 is 9.47 Å². The molecule has 1 aliphatic heterocycles. The molecule has 2 N–H and O–H groups in total. The van der Waals surface area contributed by atoms with E-state index in [4.69, 9.17) is 15.2 Å². The molecule has 0 aromatic carbocycles. The molecule has 3 heteroatoms. The highest BCUT2D eigenvalue weighted by molar-refractivity contribution is 4.93. The number of hydrogen-bond donors (Lipinski definition) is 1. The van der Waals surface area contributed by atoms with Gasteiger partial charge in [-0.3, -0.25) is 0 Å². The third-order valence-electron chi connectivity index (χ3n) is 4.81. The van der Waals surface area contributed by atoms with E-state index < -0.39 is 0 Å². The van der Waals surface area contributed by atoms with E-state index in [1.165, 1.54) is 32.1 Å². The van der Waals surface area contributed by atoms with Gasteiger partial charge in [0.25, 0.3) is 0 Å². The van der Waals surface area contributed by atoms with Gasteiger partial charge in [0.15, 0.2) is 0 Å². The zero-order chi connectivity index (χ0) is 13.0. The van der Waals surface area contributed by atoms with Crippen LogP contribution in [0.25, 0.3) is 0 Å². The van der Waals surface area contributed by atoms with Crippen LogP contribution in [0.4, 0.5) is 0 Å². The second-order valence-electron chi connectivity index (χ2n) is 6.08. The van der Waals surface area contributed by atoms with E-state index in [-0.39, 0.29) is 17.7 Å². The SMILES string of the molecule is CCOC(C)C(N)C1CCOC2(CCCCC2)C1. The monoisotopic (exact) mass is 255 g/mol. The topological polar surface area (TPSA) is 44.5 Å². The van der Waals surface area contributed by atoms with Crippen molar-refractivity contribution in [3.8, 4) is 0 Å². The predicted octanol–water partition coefficient (Wildman–Crippen LogP) is 2.87. The van der Waals surface area contributed by atoms with Gasteiger partial charge in [-0.15, -0.1) is 0 Å². The first-order valence-electron chi connectivity index (χ1n) is 7.68. The van der Waals surface area contributed by atoms with Gasteiger partial charge in [-0.1, -0.05) is 19.3 Å². The molecule has 2 aliphatic rings. The minimum absolute atomic E-state index is 0.157. The van der Waals surface area contributed by atoms with Crippen LogP contribution >= 0.6 is 0 Å². The Hall–Kier alpha value is -0.120. The lowest BCUT2D eigenvalue weighted by Gasteiger charge is -2.45. The van der Waals surface area contributed by atoms with Crippen molar-refractivity contribution in [2.45, 2.75) is 76.5 Å². The highest BCUT2D eigenvalue weighted by atomic mass is 16.5. The summed E-state index contributed by atoms with van der Waals surface area (Å²) in [7, 11) is 0. The minimum atomic E-state index is 0.157. The van der Waals surface area contributed by atoms with E-state index in [0.29, 0.717) is 5.92 Å². The lowest BCUT2D eigenvalue weighted by molar-refractivity contribution is -0.126. The summed E-state index contributed by atoms with van der Waals surface area (Å²) in [6.45, 7) is 5.79. The molecule has 0 bridgehead atoms. The molecule has 1 saturated carbocycles. The number of nitrogens with two attached hydrogens (primary N) is 1. The van der Waals surface area contributed by atoms with Crippen LogP contribution < -0.4 is 5.73 Å². The Kier molecular flexibility index (Phi) is 5.05. The van der Waals surface area contributed by atoms with E-state index in [1.54, 1.807) is 0 Å². The highest BCUT2D eigenvalue weighted by Crippen LogP contribution is 2.41. The maximum absolute atomic E-state index is 6.39. The van der Waals surface area contributed by atoms with E-state index >= 15 is 0 Å². The van der Waals surface area contributed by atoms with Crippen LogP contribution in [0, 0.1) is 5.92 Å².